The van der Waals surface area contributed by atoms with E-state index >= 15 is 0 Å². The quantitative estimate of drug-likeness (QED) is 0.619. The normalized spacial score (nSPS) is 20.7. The molecule has 2 nitrogen and oxygen atoms in total. The highest BCUT2D eigenvalue weighted by molar-refractivity contribution is 5.17. The fourth-order valence-electron chi connectivity index (χ4n) is 0.460. The first-order valence-corrected chi connectivity index (χ1v) is 2.40. The van der Waals surface area contributed by atoms with Crippen LogP contribution < -0.4 is 0 Å². The lowest BCUT2D eigenvalue weighted by Crippen LogP contribution is -1.82. The van der Waals surface area contributed by atoms with Gasteiger partial charge < -0.3 is 5.11 Å². The lowest BCUT2D eigenvalue weighted by Gasteiger charge is -1.92. The highest BCUT2D eigenvalue weighted by Crippen LogP contribution is 2.05. The van der Waals surface area contributed by atoms with Crippen molar-refractivity contribution in [2.24, 2.45) is 0 Å². The van der Waals surface area contributed by atoms with Crippen LogP contribution in [-0.2, 0) is 6.37 Å². The third-order valence-electron chi connectivity index (χ3n) is 0.876. The molecule has 2 heteroatoms. The van der Waals surface area contributed by atoms with Crippen molar-refractivity contribution in [2.75, 3.05) is 0 Å². The summed E-state index contributed by atoms with van der Waals surface area (Å²) in [5, 5.41) is 8.90. The standard InChI is InChI=1S/C7H9NO/c1-2-6-3-4-7(9)5-8-6/h3-5,9H,2H2,1H3/i1D3,2D2. The van der Waals surface area contributed by atoms with Gasteiger partial charge in [0.25, 0.3) is 0 Å². The van der Waals surface area contributed by atoms with E-state index in [1.165, 1.54) is 6.07 Å². The molecule has 0 aliphatic heterocycles. The van der Waals surface area contributed by atoms with E-state index in [9.17, 15) is 0 Å². The van der Waals surface area contributed by atoms with Gasteiger partial charge in [-0.1, -0.05) is 6.85 Å². The minimum absolute atomic E-state index is 0.130. The summed E-state index contributed by atoms with van der Waals surface area (Å²) in [4.78, 5) is 3.53. The Labute approximate surface area is 61.2 Å². The van der Waals surface area contributed by atoms with Gasteiger partial charge in [0.1, 0.15) is 5.75 Å². The van der Waals surface area contributed by atoms with Crippen molar-refractivity contribution in [1.29, 1.82) is 0 Å². The number of hydrogen-bond acceptors (Lipinski definition) is 2. The Hall–Kier alpha value is -1.05. The molecule has 0 aliphatic rings. The van der Waals surface area contributed by atoms with Crippen molar-refractivity contribution in [3.63, 3.8) is 0 Å². The van der Waals surface area contributed by atoms with Crippen LogP contribution in [0.2, 0.25) is 0 Å². The molecule has 0 atom stereocenters. The van der Waals surface area contributed by atoms with Gasteiger partial charge in [0, 0.05) is 12.5 Å². The van der Waals surface area contributed by atoms with Gasteiger partial charge >= 0.3 is 0 Å². The second-order valence-electron chi connectivity index (χ2n) is 1.53. The van der Waals surface area contributed by atoms with E-state index in [1.807, 2.05) is 0 Å². The fraction of sp³-hybridized carbons (Fsp3) is 0.286. The summed E-state index contributed by atoms with van der Waals surface area (Å²) in [6, 6.07) is 2.35. The number of nitrogens with zero attached hydrogens (tertiary/aromatic N) is 1. The summed E-state index contributed by atoms with van der Waals surface area (Å²) >= 11 is 0. The summed E-state index contributed by atoms with van der Waals surface area (Å²) in [7, 11) is 0. The molecule has 1 heterocycles. The number of hydrogen-bond donors (Lipinski definition) is 1. The lowest BCUT2D eigenvalue weighted by atomic mass is 10.3. The molecule has 0 unspecified atom stereocenters. The second-order valence-corrected chi connectivity index (χ2v) is 1.53. The van der Waals surface area contributed by atoms with E-state index < -0.39 is 13.2 Å². The lowest BCUT2D eigenvalue weighted by molar-refractivity contribution is 0.472. The van der Waals surface area contributed by atoms with Gasteiger partial charge in [-0.15, -0.1) is 0 Å². The van der Waals surface area contributed by atoms with Crippen molar-refractivity contribution in [3.8, 4) is 5.75 Å². The van der Waals surface area contributed by atoms with Crippen LogP contribution in [0.3, 0.4) is 0 Å². The summed E-state index contributed by atoms with van der Waals surface area (Å²) in [5.74, 6) is -0.130. The average molecular weight is 128 g/mol. The van der Waals surface area contributed by atoms with E-state index in [4.69, 9.17) is 12.0 Å². The SMILES string of the molecule is [2H]C([2H])([2H])C([2H])([2H])c1ccc(O)cn1. The summed E-state index contributed by atoms with van der Waals surface area (Å²) < 4.78 is 35.6. The van der Waals surface area contributed by atoms with Crippen molar-refractivity contribution in [1.82, 2.24) is 4.98 Å². The van der Waals surface area contributed by atoms with Crippen LogP contribution in [-0.4, -0.2) is 10.1 Å². The largest absolute Gasteiger partial charge is 0.506 e. The van der Waals surface area contributed by atoms with Crippen molar-refractivity contribution < 1.29 is 12.0 Å². The Balaban J connectivity index is 3.10. The van der Waals surface area contributed by atoms with Gasteiger partial charge in [0.15, 0.2) is 0 Å². The van der Waals surface area contributed by atoms with Crippen LogP contribution >= 0.6 is 0 Å². The molecular formula is C7H9NO. The summed E-state index contributed by atoms with van der Waals surface area (Å²) in [6.45, 7) is -2.77. The van der Waals surface area contributed by atoms with Gasteiger partial charge in [-0.3, -0.25) is 4.98 Å². The van der Waals surface area contributed by atoms with Crippen molar-refractivity contribution >= 4 is 0 Å². The van der Waals surface area contributed by atoms with E-state index in [1.54, 1.807) is 0 Å². The highest BCUT2D eigenvalue weighted by atomic mass is 16.3. The first-order chi connectivity index (χ1) is 6.25. The Morgan fingerprint density at radius 1 is 1.89 bits per heavy atom. The van der Waals surface area contributed by atoms with Gasteiger partial charge in [-0.2, -0.15) is 0 Å². The topological polar surface area (TPSA) is 33.1 Å². The molecule has 0 amide bonds. The maximum atomic E-state index is 8.90. The van der Waals surface area contributed by atoms with Crippen LogP contribution in [0.5, 0.6) is 5.75 Å². The molecule has 1 rings (SSSR count). The molecule has 0 bridgehead atoms. The van der Waals surface area contributed by atoms with E-state index in [0.29, 0.717) is 0 Å². The molecule has 1 aromatic heterocycles. The molecule has 9 heavy (non-hydrogen) atoms. The van der Waals surface area contributed by atoms with Crippen LogP contribution in [0.4, 0.5) is 0 Å². The van der Waals surface area contributed by atoms with Crippen molar-refractivity contribution in [3.05, 3.63) is 24.0 Å². The molecule has 0 fully saturated rings. The number of aromatic nitrogens is 1. The maximum absolute atomic E-state index is 8.90. The third-order valence-corrected chi connectivity index (χ3v) is 0.876. The molecule has 0 aromatic carbocycles. The minimum Gasteiger partial charge on any atom is -0.506 e. The first-order valence-electron chi connectivity index (χ1n) is 4.90. The molecule has 0 radical (unpaired) electrons. The number of pyridine rings is 1. The zero-order valence-corrected chi connectivity index (χ0v) is 4.63. The molecule has 48 valence electrons. The summed E-state index contributed by atoms with van der Waals surface area (Å²) in [6.07, 6.45) is -1.49. The average Bonchev–Trinajstić information content (AvgIpc) is 2.03. The third kappa shape index (κ3) is 1.42. The zero-order chi connectivity index (χ0) is 11.0. The first kappa shape index (κ1) is 2.29. The van der Waals surface area contributed by atoms with Gasteiger partial charge in [-0.25, -0.2) is 0 Å². The number of aromatic hydroxyl groups is 1. The van der Waals surface area contributed by atoms with E-state index in [2.05, 4.69) is 4.98 Å². The monoisotopic (exact) mass is 128 g/mol. The molecule has 0 saturated heterocycles. The summed E-state index contributed by atoms with van der Waals surface area (Å²) in [5.41, 5.74) is -0.213. The fourth-order valence-corrected chi connectivity index (χ4v) is 0.460. The van der Waals surface area contributed by atoms with Crippen LogP contribution in [0.25, 0.3) is 0 Å². The van der Waals surface area contributed by atoms with E-state index in [0.717, 1.165) is 12.3 Å². The molecule has 0 spiro atoms. The van der Waals surface area contributed by atoms with Gasteiger partial charge in [-0.05, 0) is 18.5 Å². The Morgan fingerprint density at radius 3 is 3.33 bits per heavy atom. The highest BCUT2D eigenvalue weighted by Gasteiger charge is 1.88. The molecule has 0 saturated carbocycles. The molecule has 1 N–H and O–H groups in total. The molecular weight excluding hydrogens is 114 g/mol. The van der Waals surface area contributed by atoms with Crippen LogP contribution in [0, 0.1) is 0 Å². The Kier molecular flexibility index (Phi) is 0.632. The van der Waals surface area contributed by atoms with Crippen LogP contribution in [0.15, 0.2) is 18.3 Å². The number of aryl methyl sites for hydroxylation is 1. The molecule has 1 aromatic rings. The van der Waals surface area contributed by atoms with Crippen LogP contribution in [0.1, 0.15) is 19.4 Å². The predicted octanol–water partition coefficient (Wildman–Crippen LogP) is 1.35. The molecule has 0 aliphatic carbocycles. The second kappa shape index (κ2) is 2.49. The Morgan fingerprint density at radius 2 is 2.78 bits per heavy atom. The van der Waals surface area contributed by atoms with Crippen molar-refractivity contribution in [2.45, 2.75) is 13.2 Å². The smallest absolute Gasteiger partial charge is 0.133 e. The zero-order valence-electron chi connectivity index (χ0n) is 9.63. The minimum atomic E-state index is -2.77. The van der Waals surface area contributed by atoms with Gasteiger partial charge in [0.05, 0.1) is 6.20 Å². The maximum Gasteiger partial charge on any atom is 0.133 e. The predicted molar refractivity (Wildman–Crippen MR) is 35.3 cm³/mol. The van der Waals surface area contributed by atoms with Gasteiger partial charge in [0.2, 0.25) is 0 Å². The Bertz CT molecular complexity index is 318. The van der Waals surface area contributed by atoms with E-state index in [-0.39, 0.29) is 11.4 Å². The number of rotatable bonds is 1.